The van der Waals surface area contributed by atoms with E-state index in [4.69, 9.17) is 0 Å². The van der Waals surface area contributed by atoms with Crippen molar-refractivity contribution in [1.82, 2.24) is 9.13 Å². The molecule has 2 aromatic heterocycles. The molecule has 214 valence electrons. The third-order valence-corrected chi connectivity index (χ3v) is 9.68. The first kappa shape index (κ1) is 25.2. The van der Waals surface area contributed by atoms with Gasteiger partial charge in [0.15, 0.2) is 0 Å². The fraction of sp³-hybridized carbons (Fsp3) is 0. The summed E-state index contributed by atoms with van der Waals surface area (Å²) in [5.41, 5.74) is 9.70. The Labute approximate surface area is 266 Å². The van der Waals surface area contributed by atoms with Crippen LogP contribution in [0, 0.1) is 0 Å². The van der Waals surface area contributed by atoms with Crippen molar-refractivity contribution in [2.75, 3.05) is 0 Å². The van der Waals surface area contributed by atoms with Crippen LogP contribution in [0.4, 0.5) is 0 Å². The minimum atomic E-state index is 1.16. The van der Waals surface area contributed by atoms with E-state index >= 15 is 0 Å². The highest BCUT2D eigenvalue weighted by Gasteiger charge is 2.18. The van der Waals surface area contributed by atoms with Gasteiger partial charge in [0.2, 0.25) is 0 Å². The molecule has 10 rings (SSSR count). The van der Waals surface area contributed by atoms with Crippen LogP contribution >= 0.6 is 0 Å². The molecule has 2 heterocycles. The summed E-state index contributed by atoms with van der Waals surface area (Å²) in [6.45, 7) is 0. The number of benzene rings is 8. The van der Waals surface area contributed by atoms with Gasteiger partial charge in [0.25, 0.3) is 0 Å². The lowest BCUT2D eigenvalue weighted by molar-refractivity contribution is 1.18. The molecule has 0 spiro atoms. The van der Waals surface area contributed by atoms with Crippen LogP contribution < -0.4 is 0 Å². The second kappa shape index (κ2) is 9.69. The van der Waals surface area contributed by atoms with Crippen molar-refractivity contribution in [2.45, 2.75) is 0 Å². The van der Waals surface area contributed by atoms with E-state index in [9.17, 15) is 0 Å². The van der Waals surface area contributed by atoms with Gasteiger partial charge >= 0.3 is 0 Å². The summed E-state index contributed by atoms with van der Waals surface area (Å²) in [6.07, 6.45) is 0. The van der Waals surface area contributed by atoms with E-state index in [0.717, 1.165) is 5.69 Å². The van der Waals surface area contributed by atoms with E-state index in [1.807, 2.05) is 0 Å². The zero-order valence-electron chi connectivity index (χ0n) is 25.1. The molecule has 0 N–H and O–H groups in total. The SMILES string of the molecule is c1ccc(-n2c3ccccc3c3cc4ccc5c6ccccc6n(-c6ccc(-c7cccc8ccccc78)cc6)c5c4cc32)cc1. The van der Waals surface area contributed by atoms with Crippen molar-refractivity contribution >= 4 is 65.2 Å². The number of hydrogen-bond donors (Lipinski definition) is 0. The predicted octanol–water partition coefficient (Wildman–Crippen LogP) is 11.9. The molecule has 0 aliphatic heterocycles. The van der Waals surface area contributed by atoms with Crippen LogP contribution in [0.3, 0.4) is 0 Å². The number of hydrogen-bond acceptors (Lipinski definition) is 0. The van der Waals surface area contributed by atoms with Crippen molar-refractivity contribution in [3.05, 3.63) is 170 Å². The second-order valence-corrected chi connectivity index (χ2v) is 12.2. The Hall–Kier alpha value is -6.12. The highest BCUT2D eigenvalue weighted by molar-refractivity contribution is 6.22. The molecule has 0 saturated heterocycles. The molecule has 8 aromatic carbocycles. The Kier molecular flexibility index (Phi) is 5.31. The minimum Gasteiger partial charge on any atom is -0.309 e. The Morgan fingerprint density at radius 1 is 0.304 bits per heavy atom. The topological polar surface area (TPSA) is 9.86 Å². The monoisotopic (exact) mass is 584 g/mol. The molecule has 0 aliphatic rings. The van der Waals surface area contributed by atoms with E-state index in [0.29, 0.717) is 0 Å². The molecule has 0 saturated carbocycles. The van der Waals surface area contributed by atoms with Crippen molar-refractivity contribution in [1.29, 1.82) is 0 Å². The van der Waals surface area contributed by atoms with Crippen molar-refractivity contribution in [3.63, 3.8) is 0 Å². The fourth-order valence-electron chi connectivity index (χ4n) is 7.64. The zero-order valence-corrected chi connectivity index (χ0v) is 25.1. The third kappa shape index (κ3) is 3.59. The maximum Gasteiger partial charge on any atom is 0.0620 e. The Morgan fingerprint density at radius 2 is 0.935 bits per heavy atom. The Morgan fingerprint density at radius 3 is 1.74 bits per heavy atom. The first-order chi connectivity index (χ1) is 22.8. The molecule has 0 amide bonds. The summed E-state index contributed by atoms with van der Waals surface area (Å²) in [6, 6.07) is 62.0. The van der Waals surface area contributed by atoms with Crippen molar-refractivity contribution < 1.29 is 0 Å². The molecule has 10 aromatic rings. The van der Waals surface area contributed by atoms with Crippen LogP contribution in [-0.2, 0) is 0 Å². The minimum absolute atomic E-state index is 1.16. The van der Waals surface area contributed by atoms with E-state index < -0.39 is 0 Å². The van der Waals surface area contributed by atoms with E-state index in [2.05, 4.69) is 179 Å². The number of rotatable bonds is 3. The van der Waals surface area contributed by atoms with Crippen LogP contribution in [0.5, 0.6) is 0 Å². The molecular weight excluding hydrogens is 556 g/mol. The average molecular weight is 585 g/mol. The number of aromatic nitrogens is 2. The Bertz CT molecular complexity index is 2770. The maximum atomic E-state index is 2.46. The summed E-state index contributed by atoms with van der Waals surface area (Å²) in [5.74, 6) is 0. The quantitative estimate of drug-likeness (QED) is 0.195. The van der Waals surface area contributed by atoms with Gasteiger partial charge in [0.1, 0.15) is 0 Å². The van der Waals surface area contributed by atoms with Gasteiger partial charge in [-0.25, -0.2) is 0 Å². The first-order valence-electron chi connectivity index (χ1n) is 15.9. The Balaban J connectivity index is 1.27. The van der Waals surface area contributed by atoms with E-state index in [1.165, 1.54) is 82.0 Å². The van der Waals surface area contributed by atoms with Gasteiger partial charge in [0.05, 0.1) is 22.1 Å². The molecule has 0 radical (unpaired) electrons. The van der Waals surface area contributed by atoms with Gasteiger partial charge in [0, 0.05) is 38.3 Å². The maximum absolute atomic E-state index is 2.46. The van der Waals surface area contributed by atoms with Gasteiger partial charge in [-0.05, 0) is 75.8 Å². The fourth-order valence-corrected chi connectivity index (χ4v) is 7.64. The summed E-state index contributed by atoms with van der Waals surface area (Å²) in [5, 5.41) is 10.1. The number of para-hydroxylation sites is 3. The van der Waals surface area contributed by atoms with Crippen LogP contribution in [0.1, 0.15) is 0 Å². The highest BCUT2D eigenvalue weighted by atomic mass is 15.0. The average Bonchev–Trinajstić information content (AvgIpc) is 3.64. The predicted molar refractivity (Wildman–Crippen MR) is 196 cm³/mol. The lowest BCUT2D eigenvalue weighted by Gasteiger charge is -2.13. The number of nitrogens with zero attached hydrogens (tertiary/aromatic N) is 2. The van der Waals surface area contributed by atoms with Crippen LogP contribution in [0.2, 0.25) is 0 Å². The molecule has 2 nitrogen and oxygen atoms in total. The summed E-state index contributed by atoms with van der Waals surface area (Å²) in [4.78, 5) is 0. The lowest BCUT2D eigenvalue weighted by Crippen LogP contribution is -1.96. The van der Waals surface area contributed by atoms with Gasteiger partial charge in [-0.15, -0.1) is 0 Å². The molecule has 46 heavy (non-hydrogen) atoms. The molecule has 2 heteroatoms. The molecule has 0 bridgehead atoms. The summed E-state index contributed by atoms with van der Waals surface area (Å²) < 4.78 is 4.87. The third-order valence-electron chi connectivity index (χ3n) is 9.68. The molecule has 0 unspecified atom stereocenters. The standard InChI is InChI=1S/C44H28N2/c1-2-13-32(14-3-1)45-41-19-8-7-17-37(41)40-27-31-23-26-38-36-16-6-9-20-42(36)46(44(38)39(31)28-43(40)45)33-24-21-30(22-25-33)35-18-10-12-29-11-4-5-15-34(29)35/h1-28H. The second-order valence-electron chi connectivity index (χ2n) is 12.2. The first-order valence-corrected chi connectivity index (χ1v) is 15.9. The lowest BCUT2D eigenvalue weighted by atomic mass is 9.98. The van der Waals surface area contributed by atoms with Gasteiger partial charge in [-0.3, -0.25) is 0 Å². The van der Waals surface area contributed by atoms with E-state index in [1.54, 1.807) is 0 Å². The largest absolute Gasteiger partial charge is 0.309 e. The van der Waals surface area contributed by atoms with Gasteiger partial charge < -0.3 is 9.13 Å². The number of fused-ring (bicyclic) bond motifs is 9. The molecular formula is C44H28N2. The van der Waals surface area contributed by atoms with Crippen LogP contribution in [-0.4, -0.2) is 9.13 Å². The van der Waals surface area contributed by atoms with Gasteiger partial charge in [-0.1, -0.05) is 121 Å². The van der Waals surface area contributed by atoms with Gasteiger partial charge in [-0.2, -0.15) is 0 Å². The van der Waals surface area contributed by atoms with Crippen LogP contribution in [0.25, 0.3) is 87.7 Å². The summed E-state index contributed by atoms with van der Waals surface area (Å²) >= 11 is 0. The highest BCUT2D eigenvalue weighted by Crippen LogP contribution is 2.41. The normalized spacial score (nSPS) is 11.9. The molecule has 0 aliphatic carbocycles. The molecule has 0 atom stereocenters. The van der Waals surface area contributed by atoms with Crippen molar-refractivity contribution in [2.24, 2.45) is 0 Å². The summed E-state index contributed by atoms with van der Waals surface area (Å²) in [7, 11) is 0. The molecule has 0 fully saturated rings. The van der Waals surface area contributed by atoms with Crippen molar-refractivity contribution in [3.8, 4) is 22.5 Å². The smallest absolute Gasteiger partial charge is 0.0620 e. The van der Waals surface area contributed by atoms with E-state index in [-0.39, 0.29) is 0 Å². The van der Waals surface area contributed by atoms with Crippen LogP contribution in [0.15, 0.2) is 170 Å². The zero-order chi connectivity index (χ0) is 30.2.